The highest BCUT2D eigenvalue weighted by Gasteiger charge is 2.27. The van der Waals surface area contributed by atoms with Gasteiger partial charge in [-0.25, -0.2) is 9.97 Å². The van der Waals surface area contributed by atoms with Crippen molar-refractivity contribution >= 4 is 54.5 Å². The van der Waals surface area contributed by atoms with E-state index in [4.69, 9.17) is 9.52 Å². The predicted octanol–water partition coefficient (Wildman–Crippen LogP) is 6.41. The van der Waals surface area contributed by atoms with Gasteiger partial charge in [0, 0.05) is 18.4 Å². The summed E-state index contributed by atoms with van der Waals surface area (Å²) in [6.45, 7) is 3.27. The number of carbonyl (C=O) groups is 2. The molecule has 1 aliphatic rings. The van der Waals surface area contributed by atoms with Crippen LogP contribution < -0.4 is 0 Å². The monoisotopic (exact) mass is 536 g/mol. The van der Waals surface area contributed by atoms with Gasteiger partial charge in [-0.3, -0.25) is 9.59 Å². The van der Waals surface area contributed by atoms with Gasteiger partial charge in [0.2, 0.25) is 5.78 Å². The zero-order chi connectivity index (χ0) is 21.8. The number of aryl methyl sites for hydroxylation is 1. The van der Waals surface area contributed by atoms with E-state index in [1.54, 1.807) is 6.07 Å². The SMILES string of the molecule is CC(=O)c1nc(Br)ccc1O.Cc1c(C(=O)C2CCCCC2)oc2ccc(Br)nc12. The van der Waals surface area contributed by atoms with Gasteiger partial charge in [-0.15, -0.1) is 0 Å². The Morgan fingerprint density at radius 2 is 1.67 bits per heavy atom. The summed E-state index contributed by atoms with van der Waals surface area (Å²) in [7, 11) is 0. The fraction of sp³-hybridized carbons (Fsp3) is 0.364. The largest absolute Gasteiger partial charge is 0.506 e. The molecule has 0 unspecified atom stereocenters. The number of nitrogens with zero attached hydrogens (tertiary/aromatic N) is 2. The lowest BCUT2D eigenvalue weighted by Gasteiger charge is -2.19. The Morgan fingerprint density at radius 3 is 2.30 bits per heavy atom. The number of furan rings is 1. The Kier molecular flexibility index (Phi) is 7.41. The third-order valence-corrected chi connectivity index (χ3v) is 5.99. The minimum Gasteiger partial charge on any atom is -0.506 e. The molecule has 0 atom stereocenters. The molecule has 1 N–H and O–H groups in total. The molecule has 3 heterocycles. The summed E-state index contributed by atoms with van der Waals surface area (Å²) in [6.07, 6.45) is 5.54. The molecule has 0 saturated heterocycles. The molecule has 0 aliphatic heterocycles. The quantitative estimate of drug-likeness (QED) is 0.306. The lowest BCUT2D eigenvalue weighted by molar-refractivity contribution is 0.0861. The molecule has 3 aromatic heterocycles. The van der Waals surface area contributed by atoms with Crippen LogP contribution >= 0.6 is 31.9 Å². The Hall–Kier alpha value is -2.06. The minimum atomic E-state index is -0.246. The van der Waals surface area contributed by atoms with Gasteiger partial charge in [-0.2, -0.15) is 0 Å². The van der Waals surface area contributed by atoms with Crippen molar-refractivity contribution in [3.05, 3.63) is 50.5 Å². The number of carbonyl (C=O) groups excluding carboxylic acids is 2. The molecule has 1 aliphatic carbocycles. The van der Waals surface area contributed by atoms with Crippen LogP contribution in [-0.4, -0.2) is 26.6 Å². The number of halogens is 2. The van der Waals surface area contributed by atoms with Crippen LogP contribution in [0.5, 0.6) is 5.75 Å². The molecule has 0 aromatic carbocycles. The summed E-state index contributed by atoms with van der Waals surface area (Å²) in [5.74, 6) is 0.472. The Bertz CT molecular complexity index is 1090. The van der Waals surface area contributed by atoms with Gasteiger partial charge in [0.15, 0.2) is 17.1 Å². The maximum atomic E-state index is 12.5. The van der Waals surface area contributed by atoms with Gasteiger partial charge >= 0.3 is 0 Å². The molecule has 0 bridgehead atoms. The van der Waals surface area contributed by atoms with E-state index in [0.717, 1.165) is 41.4 Å². The molecular weight excluding hydrogens is 516 g/mol. The summed E-state index contributed by atoms with van der Waals surface area (Å²) >= 11 is 6.44. The van der Waals surface area contributed by atoms with E-state index < -0.39 is 0 Å². The van der Waals surface area contributed by atoms with Crippen LogP contribution in [0.25, 0.3) is 11.1 Å². The number of Topliss-reactive ketones (excluding diaryl/α,β-unsaturated/α-hetero) is 2. The van der Waals surface area contributed by atoms with Gasteiger partial charge in [0.25, 0.3) is 0 Å². The second kappa shape index (κ2) is 9.83. The lowest BCUT2D eigenvalue weighted by atomic mass is 9.85. The van der Waals surface area contributed by atoms with Crippen molar-refractivity contribution in [2.45, 2.75) is 46.0 Å². The molecule has 4 rings (SSSR count). The summed E-state index contributed by atoms with van der Waals surface area (Å²) in [5.41, 5.74) is 2.44. The zero-order valence-corrected chi connectivity index (χ0v) is 19.9. The van der Waals surface area contributed by atoms with Gasteiger partial charge in [0.05, 0.1) is 0 Å². The molecule has 3 aromatic rings. The van der Waals surface area contributed by atoms with E-state index in [1.165, 1.54) is 19.4 Å². The molecule has 8 heteroatoms. The van der Waals surface area contributed by atoms with Crippen molar-refractivity contribution in [2.24, 2.45) is 5.92 Å². The Morgan fingerprint density at radius 1 is 1.03 bits per heavy atom. The highest BCUT2D eigenvalue weighted by Crippen LogP contribution is 2.31. The number of rotatable bonds is 3. The van der Waals surface area contributed by atoms with E-state index in [2.05, 4.69) is 41.8 Å². The molecule has 0 spiro atoms. The third kappa shape index (κ3) is 5.16. The van der Waals surface area contributed by atoms with Crippen LogP contribution in [0, 0.1) is 12.8 Å². The van der Waals surface area contributed by atoms with Crippen LogP contribution in [0.1, 0.15) is 65.6 Å². The van der Waals surface area contributed by atoms with Crippen LogP contribution in [0.4, 0.5) is 0 Å². The maximum absolute atomic E-state index is 12.5. The normalized spacial score (nSPS) is 14.3. The first-order valence-electron chi connectivity index (χ1n) is 9.74. The van der Waals surface area contributed by atoms with Crippen molar-refractivity contribution in [1.29, 1.82) is 0 Å². The van der Waals surface area contributed by atoms with Crippen molar-refractivity contribution in [2.75, 3.05) is 0 Å². The molecule has 30 heavy (non-hydrogen) atoms. The Balaban J connectivity index is 0.000000199. The first kappa shape index (κ1) is 22.6. The number of pyridine rings is 2. The minimum absolute atomic E-state index is 0.0827. The highest BCUT2D eigenvalue weighted by molar-refractivity contribution is 9.10. The van der Waals surface area contributed by atoms with E-state index >= 15 is 0 Å². The number of aromatic hydroxyl groups is 1. The molecule has 6 nitrogen and oxygen atoms in total. The first-order chi connectivity index (χ1) is 14.3. The summed E-state index contributed by atoms with van der Waals surface area (Å²) in [4.78, 5) is 31.5. The number of aromatic nitrogens is 2. The fourth-order valence-electron chi connectivity index (χ4n) is 3.54. The molecule has 1 fully saturated rings. The zero-order valence-electron chi connectivity index (χ0n) is 16.7. The van der Waals surface area contributed by atoms with E-state index in [-0.39, 0.29) is 28.9 Å². The first-order valence-corrected chi connectivity index (χ1v) is 11.3. The van der Waals surface area contributed by atoms with Crippen LogP contribution in [0.15, 0.2) is 37.9 Å². The fourth-order valence-corrected chi connectivity index (χ4v) is 4.16. The summed E-state index contributed by atoms with van der Waals surface area (Å²) in [5, 5.41) is 9.10. The van der Waals surface area contributed by atoms with Gasteiger partial charge in [0.1, 0.15) is 26.2 Å². The number of hydrogen-bond donors (Lipinski definition) is 1. The van der Waals surface area contributed by atoms with Crippen LogP contribution in [0.2, 0.25) is 0 Å². The van der Waals surface area contributed by atoms with E-state index in [0.29, 0.717) is 15.9 Å². The van der Waals surface area contributed by atoms with Gasteiger partial charge in [-0.1, -0.05) is 19.3 Å². The predicted molar refractivity (Wildman–Crippen MR) is 121 cm³/mol. The topological polar surface area (TPSA) is 93.3 Å². The van der Waals surface area contributed by atoms with Crippen LogP contribution in [0.3, 0.4) is 0 Å². The summed E-state index contributed by atoms with van der Waals surface area (Å²) in [6, 6.07) is 6.69. The number of hydrogen-bond acceptors (Lipinski definition) is 6. The number of fused-ring (bicyclic) bond motifs is 1. The van der Waals surface area contributed by atoms with Gasteiger partial charge in [-0.05, 0) is 75.9 Å². The van der Waals surface area contributed by atoms with Crippen molar-refractivity contribution < 1.29 is 19.1 Å². The van der Waals surface area contributed by atoms with E-state index in [9.17, 15) is 9.59 Å². The van der Waals surface area contributed by atoms with Crippen molar-refractivity contribution in [3.8, 4) is 5.75 Å². The summed E-state index contributed by atoms with van der Waals surface area (Å²) < 4.78 is 7.04. The molecule has 158 valence electrons. The third-order valence-electron chi connectivity index (χ3n) is 5.11. The molecular formula is C22H22Br2N2O4. The molecule has 0 amide bonds. The second-order valence-corrected chi connectivity index (χ2v) is 8.92. The average Bonchev–Trinajstić information content (AvgIpc) is 3.06. The number of ketones is 2. The second-order valence-electron chi connectivity index (χ2n) is 7.29. The van der Waals surface area contributed by atoms with Crippen molar-refractivity contribution in [1.82, 2.24) is 9.97 Å². The Labute approximate surface area is 191 Å². The lowest BCUT2D eigenvalue weighted by Crippen LogP contribution is -2.18. The highest BCUT2D eigenvalue weighted by atomic mass is 79.9. The molecule has 0 radical (unpaired) electrons. The van der Waals surface area contributed by atoms with E-state index in [1.807, 2.05) is 19.1 Å². The maximum Gasteiger partial charge on any atom is 0.201 e. The molecule has 1 saturated carbocycles. The average molecular weight is 538 g/mol. The standard InChI is InChI=1S/C15H16BrNO2.C7H6BrNO2/c1-9-13-11(7-8-12(16)17-13)19-15(9)14(18)10-5-3-2-4-6-10;1-4(10)7-5(11)2-3-6(8)9-7/h7-8,10H,2-6H2,1H3;2-3,11H,1H3. The van der Waals surface area contributed by atoms with Crippen molar-refractivity contribution in [3.63, 3.8) is 0 Å². The van der Waals surface area contributed by atoms with Gasteiger partial charge < -0.3 is 9.52 Å². The van der Waals surface area contributed by atoms with Crippen LogP contribution in [-0.2, 0) is 0 Å². The smallest absolute Gasteiger partial charge is 0.201 e.